The van der Waals surface area contributed by atoms with Gasteiger partial charge in [0.15, 0.2) is 0 Å². The Morgan fingerprint density at radius 2 is 0.854 bits per heavy atom. The molecule has 0 aliphatic carbocycles. The first-order chi connectivity index (χ1) is 23.3. The molecule has 5 heteroatoms. The van der Waals surface area contributed by atoms with Crippen molar-refractivity contribution in [1.29, 1.82) is 0 Å². The van der Waals surface area contributed by atoms with Crippen LogP contribution in [0.25, 0.3) is 0 Å². The van der Waals surface area contributed by atoms with Gasteiger partial charge in [-0.2, -0.15) is 0 Å². The van der Waals surface area contributed by atoms with E-state index in [-0.39, 0.29) is 12.1 Å². The van der Waals surface area contributed by atoms with Crippen molar-refractivity contribution >= 4 is 11.9 Å². The van der Waals surface area contributed by atoms with Gasteiger partial charge >= 0.3 is 11.9 Å². The number of esters is 1. The monoisotopic (exact) mass is 680 g/mol. The highest BCUT2D eigenvalue weighted by Gasteiger charge is 2.36. The standard InChI is InChI=1S/C43H85NO4/c1-6-9-12-15-17-19-20-21-23-26-30-37-43(42(46)47,36-29-25-22-18-16-13-10-7-2)38-31-28-34-40(33-27-24-14-11-8-3)48-41(45)35-32-39-44(4)5/h40H,6-39H2,1-5H3,(H,46,47). The average Bonchev–Trinajstić information content (AvgIpc) is 3.05. The molecule has 2 unspecified atom stereocenters. The van der Waals surface area contributed by atoms with Crippen molar-refractivity contribution in [2.24, 2.45) is 5.41 Å². The molecular weight excluding hydrogens is 594 g/mol. The van der Waals surface area contributed by atoms with E-state index in [0.29, 0.717) is 6.42 Å². The highest BCUT2D eigenvalue weighted by atomic mass is 16.5. The lowest BCUT2D eigenvalue weighted by molar-refractivity contribution is -0.151. The third kappa shape index (κ3) is 28.7. The fraction of sp³-hybridized carbons (Fsp3) is 0.953. The topological polar surface area (TPSA) is 66.8 Å². The molecule has 0 heterocycles. The van der Waals surface area contributed by atoms with E-state index in [2.05, 4.69) is 25.7 Å². The largest absolute Gasteiger partial charge is 0.481 e. The quantitative estimate of drug-likeness (QED) is 0.0519. The Morgan fingerprint density at radius 3 is 1.23 bits per heavy atom. The third-order valence-corrected chi connectivity index (χ3v) is 10.6. The van der Waals surface area contributed by atoms with Crippen LogP contribution in [0.4, 0.5) is 0 Å². The van der Waals surface area contributed by atoms with Crippen LogP contribution in [0.3, 0.4) is 0 Å². The number of carboxylic acid groups (broad SMARTS) is 1. The Balaban J connectivity index is 5.00. The van der Waals surface area contributed by atoms with Crippen LogP contribution in [-0.2, 0) is 14.3 Å². The van der Waals surface area contributed by atoms with Gasteiger partial charge in [0, 0.05) is 6.42 Å². The highest BCUT2D eigenvalue weighted by molar-refractivity contribution is 5.74. The summed E-state index contributed by atoms with van der Waals surface area (Å²) < 4.78 is 6.02. The normalized spacial score (nSPS) is 13.5. The van der Waals surface area contributed by atoms with Gasteiger partial charge in [0.2, 0.25) is 0 Å². The average molecular weight is 680 g/mol. The summed E-state index contributed by atoms with van der Waals surface area (Å²) in [7, 11) is 4.07. The first-order valence-electron chi connectivity index (χ1n) is 21.4. The molecule has 5 nitrogen and oxygen atoms in total. The second-order valence-electron chi connectivity index (χ2n) is 15.6. The zero-order chi connectivity index (χ0) is 35.6. The zero-order valence-electron chi connectivity index (χ0n) is 33.2. The molecule has 0 radical (unpaired) electrons. The van der Waals surface area contributed by atoms with Crippen LogP contribution >= 0.6 is 0 Å². The Morgan fingerprint density at radius 1 is 0.521 bits per heavy atom. The van der Waals surface area contributed by atoms with E-state index in [1.807, 2.05) is 14.1 Å². The van der Waals surface area contributed by atoms with Gasteiger partial charge in [-0.05, 0) is 72.0 Å². The summed E-state index contributed by atoms with van der Waals surface area (Å²) in [4.78, 5) is 27.7. The minimum atomic E-state index is -0.597. The van der Waals surface area contributed by atoms with Gasteiger partial charge in [0.05, 0.1) is 5.41 Å². The summed E-state index contributed by atoms with van der Waals surface area (Å²) in [6.07, 6.45) is 37.5. The molecule has 0 spiro atoms. The van der Waals surface area contributed by atoms with E-state index in [4.69, 9.17) is 4.74 Å². The predicted octanol–water partition coefficient (Wildman–Crippen LogP) is 13.5. The number of hydrogen-bond donors (Lipinski definition) is 1. The fourth-order valence-corrected chi connectivity index (χ4v) is 7.28. The van der Waals surface area contributed by atoms with Crippen molar-refractivity contribution in [3.63, 3.8) is 0 Å². The number of aliphatic carboxylic acids is 1. The summed E-state index contributed by atoms with van der Waals surface area (Å²) in [5.74, 6) is -0.640. The molecule has 0 saturated heterocycles. The van der Waals surface area contributed by atoms with Gasteiger partial charge in [-0.25, -0.2) is 0 Å². The van der Waals surface area contributed by atoms with Crippen molar-refractivity contribution in [3.8, 4) is 0 Å². The van der Waals surface area contributed by atoms with Gasteiger partial charge in [0.1, 0.15) is 6.10 Å². The van der Waals surface area contributed by atoms with Gasteiger partial charge in [-0.15, -0.1) is 0 Å². The van der Waals surface area contributed by atoms with Crippen LogP contribution < -0.4 is 0 Å². The molecule has 2 atom stereocenters. The van der Waals surface area contributed by atoms with Crippen LogP contribution in [0.2, 0.25) is 0 Å². The van der Waals surface area contributed by atoms with Crippen LogP contribution in [0.15, 0.2) is 0 Å². The number of nitrogens with zero attached hydrogens (tertiary/aromatic N) is 1. The molecule has 1 N–H and O–H groups in total. The third-order valence-electron chi connectivity index (χ3n) is 10.6. The summed E-state index contributed by atoms with van der Waals surface area (Å²) in [5, 5.41) is 10.6. The Kier molecular flexibility index (Phi) is 33.6. The maximum atomic E-state index is 12.9. The van der Waals surface area contributed by atoms with Crippen LogP contribution in [-0.4, -0.2) is 48.7 Å². The molecule has 0 rings (SSSR count). The molecule has 0 fully saturated rings. The number of carbonyl (C=O) groups excluding carboxylic acids is 1. The Bertz CT molecular complexity index is 711. The lowest BCUT2D eigenvalue weighted by Gasteiger charge is -2.30. The maximum absolute atomic E-state index is 12.9. The van der Waals surface area contributed by atoms with E-state index in [0.717, 1.165) is 90.0 Å². The van der Waals surface area contributed by atoms with E-state index < -0.39 is 11.4 Å². The highest BCUT2D eigenvalue weighted by Crippen LogP contribution is 2.38. The summed E-state index contributed by atoms with van der Waals surface area (Å²) in [5.41, 5.74) is -0.597. The lowest BCUT2D eigenvalue weighted by atomic mass is 9.74. The molecule has 0 bridgehead atoms. The number of carboxylic acids is 1. The maximum Gasteiger partial charge on any atom is 0.309 e. The van der Waals surface area contributed by atoms with Crippen molar-refractivity contribution in [2.45, 2.75) is 239 Å². The van der Waals surface area contributed by atoms with Crippen LogP contribution in [0.1, 0.15) is 233 Å². The molecule has 0 saturated carbocycles. The molecule has 0 aliphatic heterocycles. The molecule has 0 aromatic heterocycles. The lowest BCUT2D eigenvalue weighted by Crippen LogP contribution is -2.31. The molecule has 286 valence electrons. The fourth-order valence-electron chi connectivity index (χ4n) is 7.28. The van der Waals surface area contributed by atoms with Gasteiger partial charge in [-0.3, -0.25) is 9.59 Å². The number of ether oxygens (including phenoxy) is 1. The minimum Gasteiger partial charge on any atom is -0.481 e. The first kappa shape index (κ1) is 46.9. The first-order valence-corrected chi connectivity index (χ1v) is 21.4. The Hall–Kier alpha value is -1.10. The second-order valence-corrected chi connectivity index (χ2v) is 15.6. The van der Waals surface area contributed by atoms with E-state index in [1.165, 1.54) is 122 Å². The number of unbranched alkanes of at least 4 members (excludes halogenated alkanes) is 22. The smallest absolute Gasteiger partial charge is 0.309 e. The van der Waals surface area contributed by atoms with Gasteiger partial charge in [-0.1, -0.05) is 175 Å². The zero-order valence-corrected chi connectivity index (χ0v) is 33.2. The molecule has 0 aromatic carbocycles. The summed E-state index contributed by atoms with van der Waals surface area (Å²) >= 11 is 0. The van der Waals surface area contributed by atoms with Gasteiger partial charge < -0.3 is 14.7 Å². The van der Waals surface area contributed by atoms with Crippen LogP contribution in [0.5, 0.6) is 0 Å². The van der Waals surface area contributed by atoms with Crippen molar-refractivity contribution in [3.05, 3.63) is 0 Å². The summed E-state index contributed by atoms with van der Waals surface area (Å²) in [6.45, 7) is 7.67. The number of rotatable bonds is 38. The molecule has 48 heavy (non-hydrogen) atoms. The second kappa shape index (κ2) is 34.4. The molecule has 0 aromatic rings. The van der Waals surface area contributed by atoms with Crippen molar-refractivity contribution in [2.75, 3.05) is 20.6 Å². The predicted molar refractivity (Wildman–Crippen MR) is 208 cm³/mol. The molecular formula is C43H85NO4. The number of carbonyl (C=O) groups is 2. The SMILES string of the molecule is CCCCCCCCCCCCCC(CCCCCCCCCC)(CCCCC(CCCCCCC)OC(=O)CCCN(C)C)C(=O)O. The van der Waals surface area contributed by atoms with Crippen molar-refractivity contribution in [1.82, 2.24) is 4.90 Å². The van der Waals surface area contributed by atoms with Crippen LogP contribution in [0, 0.1) is 5.41 Å². The summed E-state index contributed by atoms with van der Waals surface area (Å²) in [6, 6.07) is 0. The van der Waals surface area contributed by atoms with E-state index in [1.54, 1.807) is 0 Å². The molecule has 0 amide bonds. The van der Waals surface area contributed by atoms with Gasteiger partial charge in [0.25, 0.3) is 0 Å². The minimum absolute atomic E-state index is 0.0305. The van der Waals surface area contributed by atoms with E-state index >= 15 is 0 Å². The van der Waals surface area contributed by atoms with E-state index in [9.17, 15) is 14.7 Å². The van der Waals surface area contributed by atoms with Crippen molar-refractivity contribution < 1.29 is 19.4 Å². The number of hydrogen-bond acceptors (Lipinski definition) is 4. The Labute approximate surface area is 300 Å². The molecule has 0 aliphatic rings.